The summed E-state index contributed by atoms with van der Waals surface area (Å²) in [5, 5.41) is 0. The van der Waals surface area contributed by atoms with Crippen molar-refractivity contribution >= 4 is 23.1 Å². The van der Waals surface area contributed by atoms with Crippen LogP contribution in [0.1, 0.15) is 28.3 Å². The van der Waals surface area contributed by atoms with Gasteiger partial charge in [-0.05, 0) is 32.4 Å². The van der Waals surface area contributed by atoms with Gasteiger partial charge >= 0.3 is 0 Å². The Morgan fingerprint density at radius 2 is 2.29 bits per heavy atom. The number of thioether (sulfide) groups is 1. The Labute approximate surface area is 113 Å². The average Bonchev–Trinajstić information content (AvgIpc) is 2.62. The highest BCUT2D eigenvalue weighted by atomic mass is 32.2. The van der Waals surface area contributed by atoms with E-state index in [9.17, 15) is 0 Å². The molecule has 0 radical (unpaired) electrons. The van der Waals surface area contributed by atoms with Gasteiger partial charge in [0.1, 0.15) is 0 Å². The fourth-order valence-electron chi connectivity index (χ4n) is 2.63. The number of aryl methyl sites for hydroxylation is 2. The highest BCUT2D eigenvalue weighted by Gasteiger charge is 2.28. The smallest absolute Gasteiger partial charge is 0.0484 e. The van der Waals surface area contributed by atoms with Crippen LogP contribution in [0.25, 0.3) is 0 Å². The summed E-state index contributed by atoms with van der Waals surface area (Å²) in [5.41, 5.74) is 7.48. The topological polar surface area (TPSA) is 29.3 Å². The highest BCUT2D eigenvalue weighted by molar-refractivity contribution is 7.99. The molecule has 0 aliphatic carbocycles. The molecule has 2 N–H and O–H groups in total. The van der Waals surface area contributed by atoms with Crippen molar-refractivity contribution < 1.29 is 0 Å². The number of rotatable bonds is 3. The summed E-state index contributed by atoms with van der Waals surface area (Å²) in [5.74, 6) is 2.47. The predicted molar refractivity (Wildman–Crippen MR) is 79.1 cm³/mol. The van der Waals surface area contributed by atoms with Crippen LogP contribution < -0.4 is 5.73 Å². The van der Waals surface area contributed by atoms with Gasteiger partial charge in [0.25, 0.3) is 0 Å². The molecular weight excluding hydrogens is 248 g/mol. The van der Waals surface area contributed by atoms with Gasteiger partial charge in [0, 0.05) is 46.4 Å². The van der Waals surface area contributed by atoms with Gasteiger partial charge in [-0.2, -0.15) is 11.8 Å². The fourth-order valence-corrected chi connectivity index (χ4v) is 4.65. The summed E-state index contributed by atoms with van der Waals surface area (Å²) in [6.07, 6.45) is 0. The molecule has 17 heavy (non-hydrogen) atoms. The second-order valence-corrected chi connectivity index (χ2v) is 7.39. The van der Waals surface area contributed by atoms with E-state index < -0.39 is 0 Å². The third kappa shape index (κ3) is 2.87. The van der Waals surface area contributed by atoms with E-state index in [-0.39, 0.29) is 0 Å². The van der Waals surface area contributed by atoms with Crippen molar-refractivity contribution in [2.75, 3.05) is 24.6 Å². The van der Waals surface area contributed by atoms with Crippen molar-refractivity contribution in [3.05, 3.63) is 21.4 Å². The minimum atomic E-state index is 0.413. The summed E-state index contributed by atoms with van der Waals surface area (Å²) >= 11 is 3.95. The molecule has 1 aromatic rings. The third-order valence-corrected chi connectivity index (χ3v) is 5.65. The van der Waals surface area contributed by atoms with Crippen molar-refractivity contribution in [1.82, 2.24) is 4.90 Å². The van der Waals surface area contributed by atoms with Crippen molar-refractivity contribution in [1.29, 1.82) is 0 Å². The Bertz CT molecular complexity index is 375. The van der Waals surface area contributed by atoms with Crippen molar-refractivity contribution in [2.45, 2.75) is 32.9 Å². The van der Waals surface area contributed by atoms with Gasteiger partial charge in [0.05, 0.1) is 0 Å². The van der Waals surface area contributed by atoms with Crippen LogP contribution in [0.5, 0.6) is 0 Å². The number of hydrogen-bond acceptors (Lipinski definition) is 4. The zero-order chi connectivity index (χ0) is 12.4. The summed E-state index contributed by atoms with van der Waals surface area (Å²) in [6, 6.07) is 3.38. The SMILES string of the molecule is Cc1cc(C(CN)N2CCSCC2C)c(C)s1. The first kappa shape index (κ1) is 13.4. The summed E-state index contributed by atoms with van der Waals surface area (Å²) in [7, 11) is 0. The second kappa shape index (κ2) is 5.74. The molecule has 2 nitrogen and oxygen atoms in total. The van der Waals surface area contributed by atoms with Crippen molar-refractivity contribution in [2.24, 2.45) is 5.73 Å². The van der Waals surface area contributed by atoms with Gasteiger partial charge in [-0.1, -0.05) is 0 Å². The average molecular weight is 270 g/mol. The van der Waals surface area contributed by atoms with Crippen LogP contribution in [0.4, 0.5) is 0 Å². The Morgan fingerprint density at radius 3 is 2.82 bits per heavy atom. The van der Waals surface area contributed by atoms with E-state index in [4.69, 9.17) is 5.73 Å². The molecule has 2 atom stereocenters. The molecule has 1 saturated heterocycles. The van der Waals surface area contributed by atoms with Crippen LogP contribution in [0.3, 0.4) is 0 Å². The maximum absolute atomic E-state index is 6.03. The lowest BCUT2D eigenvalue weighted by atomic mass is 10.0. The van der Waals surface area contributed by atoms with E-state index >= 15 is 0 Å². The van der Waals surface area contributed by atoms with Gasteiger partial charge in [-0.3, -0.25) is 4.90 Å². The molecule has 1 aliphatic heterocycles. The summed E-state index contributed by atoms with van der Waals surface area (Å²) < 4.78 is 0. The van der Waals surface area contributed by atoms with Crippen LogP contribution in [0.2, 0.25) is 0 Å². The van der Waals surface area contributed by atoms with E-state index in [2.05, 4.69) is 43.5 Å². The number of nitrogens with two attached hydrogens (primary N) is 1. The van der Waals surface area contributed by atoms with Gasteiger partial charge in [0.2, 0.25) is 0 Å². The molecule has 4 heteroatoms. The van der Waals surface area contributed by atoms with Crippen molar-refractivity contribution in [3.63, 3.8) is 0 Å². The zero-order valence-electron chi connectivity index (χ0n) is 10.9. The monoisotopic (exact) mass is 270 g/mol. The lowest BCUT2D eigenvalue weighted by Crippen LogP contribution is -2.45. The maximum atomic E-state index is 6.03. The molecule has 2 heterocycles. The van der Waals surface area contributed by atoms with E-state index in [1.54, 1.807) is 0 Å². The third-order valence-electron chi connectivity index (χ3n) is 3.48. The summed E-state index contributed by atoms with van der Waals surface area (Å²) in [4.78, 5) is 5.42. The van der Waals surface area contributed by atoms with Crippen LogP contribution in [-0.4, -0.2) is 35.5 Å². The molecule has 0 aromatic carbocycles. The van der Waals surface area contributed by atoms with Gasteiger partial charge in [-0.15, -0.1) is 11.3 Å². The Morgan fingerprint density at radius 1 is 1.53 bits per heavy atom. The lowest BCUT2D eigenvalue weighted by molar-refractivity contribution is 0.166. The van der Waals surface area contributed by atoms with Crippen LogP contribution >= 0.6 is 23.1 Å². The van der Waals surface area contributed by atoms with Gasteiger partial charge in [-0.25, -0.2) is 0 Å². The number of nitrogens with zero attached hydrogens (tertiary/aromatic N) is 1. The first-order valence-corrected chi connectivity index (χ1v) is 8.21. The van der Waals surface area contributed by atoms with Gasteiger partial charge in [0.15, 0.2) is 0 Å². The van der Waals surface area contributed by atoms with Crippen LogP contribution in [-0.2, 0) is 0 Å². The van der Waals surface area contributed by atoms with E-state index in [1.807, 2.05) is 11.3 Å². The lowest BCUT2D eigenvalue weighted by Gasteiger charge is -2.39. The molecule has 1 fully saturated rings. The van der Waals surface area contributed by atoms with Crippen LogP contribution in [0, 0.1) is 13.8 Å². The highest BCUT2D eigenvalue weighted by Crippen LogP contribution is 2.32. The summed E-state index contributed by atoms with van der Waals surface area (Å²) in [6.45, 7) is 8.63. The zero-order valence-corrected chi connectivity index (χ0v) is 12.5. The maximum Gasteiger partial charge on any atom is 0.0484 e. The normalized spacial score (nSPS) is 23.9. The van der Waals surface area contributed by atoms with E-state index in [0.717, 1.165) is 6.54 Å². The number of thiophene rings is 1. The molecule has 0 amide bonds. The molecule has 2 unspecified atom stereocenters. The molecule has 96 valence electrons. The molecule has 1 aromatic heterocycles. The number of hydrogen-bond donors (Lipinski definition) is 1. The van der Waals surface area contributed by atoms with E-state index in [0.29, 0.717) is 12.1 Å². The molecule has 1 aliphatic rings. The Kier molecular flexibility index (Phi) is 4.53. The standard InChI is InChI=1S/C13H22N2S2/c1-9-8-16-5-4-15(9)13(7-14)12-6-10(2)17-11(12)3/h6,9,13H,4-5,7-8,14H2,1-3H3. The molecular formula is C13H22N2S2. The first-order valence-electron chi connectivity index (χ1n) is 6.24. The Balaban J connectivity index is 2.23. The van der Waals surface area contributed by atoms with E-state index in [1.165, 1.54) is 33.4 Å². The quantitative estimate of drug-likeness (QED) is 0.916. The minimum absolute atomic E-state index is 0.413. The molecule has 0 spiro atoms. The first-order chi connectivity index (χ1) is 8.13. The van der Waals surface area contributed by atoms with Crippen molar-refractivity contribution in [3.8, 4) is 0 Å². The fraction of sp³-hybridized carbons (Fsp3) is 0.692. The van der Waals surface area contributed by atoms with Crippen LogP contribution in [0.15, 0.2) is 6.07 Å². The van der Waals surface area contributed by atoms with Gasteiger partial charge < -0.3 is 5.73 Å². The molecule has 0 saturated carbocycles. The Hall–Kier alpha value is -0.0300. The predicted octanol–water partition coefficient (Wildman–Crippen LogP) is 2.80. The minimum Gasteiger partial charge on any atom is -0.329 e. The molecule has 0 bridgehead atoms. The second-order valence-electron chi connectivity index (χ2n) is 4.78. The molecule has 2 rings (SSSR count). The largest absolute Gasteiger partial charge is 0.329 e.